The van der Waals surface area contributed by atoms with Crippen molar-refractivity contribution >= 4 is 21.4 Å². The maximum atomic E-state index is 8.90. The zero-order chi connectivity index (χ0) is 10.1. The second-order valence-corrected chi connectivity index (χ2v) is 4.28. The van der Waals surface area contributed by atoms with Gasteiger partial charge in [-0.1, -0.05) is 6.92 Å². The predicted molar refractivity (Wildman–Crippen MR) is 60.7 cm³/mol. The lowest BCUT2D eigenvalue weighted by Crippen LogP contribution is -1.83. The molecule has 0 unspecified atom stereocenters. The molecule has 0 aliphatic rings. The fourth-order valence-corrected chi connectivity index (χ4v) is 2.78. The van der Waals surface area contributed by atoms with E-state index in [-0.39, 0.29) is 0 Å². The Balaban J connectivity index is 2.84. The number of nitriles is 1. The molecule has 0 amide bonds. The molecular formula is C12H11NS. The van der Waals surface area contributed by atoms with Gasteiger partial charge in [0, 0.05) is 4.70 Å². The summed E-state index contributed by atoms with van der Waals surface area (Å²) in [5.41, 5.74) is 3.34. The van der Waals surface area contributed by atoms with Crippen molar-refractivity contribution in [3.8, 4) is 6.07 Å². The van der Waals surface area contributed by atoms with E-state index in [1.807, 2.05) is 12.1 Å². The first-order valence-electron chi connectivity index (χ1n) is 4.67. The summed E-state index contributed by atoms with van der Waals surface area (Å²) in [7, 11) is 0. The topological polar surface area (TPSA) is 23.8 Å². The normalized spacial score (nSPS) is 10.4. The van der Waals surface area contributed by atoms with Crippen LogP contribution < -0.4 is 0 Å². The van der Waals surface area contributed by atoms with Gasteiger partial charge in [0.25, 0.3) is 0 Å². The van der Waals surface area contributed by atoms with Crippen molar-refractivity contribution in [2.75, 3.05) is 0 Å². The van der Waals surface area contributed by atoms with E-state index in [0.717, 1.165) is 12.0 Å². The number of benzene rings is 1. The van der Waals surface area contributed by atoms with Crippen molar-refractivity contribution < 1.29 is 0 Å². The van der Waals surface area contributed by atoms with Crippen LogP contribution in [0.25, 0.3) is 10.1 Å². The third-order valence-electron chi connectivity index (χ3n) is 2.45. The second-order valence-electron chi connectivity index (χ2n) is 3.40. The van der Waals surface area contributed by atoms with Gasteiger partial charge in [0.2, 0.25) is 0 Å². The van der Waals surface area contributed by atoms with Gasteiger partial charge in [-0.15, -0.1) is 11.3 Å². The molecular weight excluding hydrogens is 190 g/mol. The summed E-state index contributed by atoms with van der Waals surface area (Å²) in [5, 5.41) is 12.3. The monoisotopic (exact) mass is 201 g/mol. The van der Waals surface area contributed by atoms with Gasteiger partial charge in [-0.05, 0) is 47.4 Å². The van der Waals surface area contributed by atoms with E-state index in [0.29, 0.717) is 0 Å². The molecule has 1 nitrogen and oxygen atoms in total. The summed E-state index contributed by atoms with van der Waals surface area (Å²) in [6, 6.07) is 6.20. The quantitative estimate of drug-likeness (QED) is 0.691. The first kappa shape index (κ1) is 9.23. The van der Waals surface area contributed by atoms with Crippen LogP contribution in [0.5, 0.6) is 0 Å². The summed E-state index contributed by atoms with van der Waals surface area (Å²) in [4.78, 5) is 0. The van der Waals surface area contributed by atoms with E-state index in [2.05, 4.69) is 25.3 Å². The molecule has 1 heterocycles. The number of fused-ring (bicyclic) bond motifs is 1. The Labute approximate surface area is 87.6 Å². The van der Waals surface area contributed by atoms with E-state index in [1.54, 1.807) is 11.3 Å². The molecule has 0 fully saturated rings. The Morgan fingerprint density at radius 3 is 2.86 bits per heavy atom. The highest BCUT2D eigenvalue weighted by Gasteiger charge is 2.06. The summed E-state index contributed by atoms with van der Waals surface area (Å²) in [5.74, 6) is 0. The highest BCUT2D eigenvalue weighted by atomic mass is 32.1. The highest BCUT2D eigenvalue weighted by Crippen LogP contribution is 2.30. The minimum atomic E-state index is 0.774. The predicted octanol–water partition coefficient (Wildman–Crippen LogP) is 3.64. The van der Waals surface area contributed by atoms with Crippen LogP contribution in [0.2, 0.25) is 0 Å². The smallest absolute Gasteiger partial charge is 0.0991 e. The van der Waals surface area contributed by atoms with E-state index in [4.69, 9.17) is 5.26 Å². The zero-order valence-electron chi connectivity index (χ0n) is 8.29. The van der Waals surface area contributed by atoms with E-state index >= 15 is 0 Å². The average Bonchev–Trinajstić information content (AvgIpc) is 2.59. The van der Waals surface area contributed by atoms with Crippen molar-refractivity contribution in [1.82, 2.24) is 0 Å². The molecule has 0 radical (unpaired) electrons. The van der Waals surface area contributed by atoms with Crippen LogP contribution >= 0.6 is 11.3 Å². The minimum absolute atomic E-state index is 0.774. The van der Waals surface area contributed by atoms with Gasteiger partial charge in [0.1, 0.15) is 0 Å². The minimum Gasteiger partial charge on any atom is -0.192 e. The number of aryl methyl sites for hydroxylation is 2. The van der Waals surface area contributed by atoms with Crippen molar-refractivity contribution in [3.05, 3.63) is 34.2 Å². The van der Waals surface area contributed by atoms with Crippen LogP contribution in [-0.2, 0) is 6.42 Å². The molecule has 2 aromatic rings. The molecule has 0 saturated heterocycles. The van der Waals surface area contributed by atoms with Crippen LogP contribution in [0.1, 0.15) is 23.6 Å². The Morgan fingerprint density at radius 2 is 2.21 bits per heavy atom. The molecule has 0 aliphatic heterocycles. The first-order valence-corrected chi connectivity index (χ1v) is 5.55. The number of rotatable bonds is 1. The molecule has 70 valence electrons. The van der Waals surface area contributed by atoms with E-state index < -0.39 is 0 Å². The average molecular weight is 201 g/mol. The summed E-state index contributed by atoms with van der Waals surface area (Å²) >= 11 is 1.77. The van der Waals surface area contributed by atoms with Crippen LogP contribution in [0.3, 0.4) is 0 Å². The van der Waals surface area contributed by atoms with E-state index in [9.17, 15) is 0 Å². The Kier molecular flexibility index (Phi) is 2.26. The third-order valence-corrected chi connectivity index (χ3v) is 3.64. The van der Waals surface area contributed by atoms with Gasteiger partial charge in [0.05, 0.1) is 11.6 Å². The summed E-state index contributed by atoms with van der Waals surface area (Å²) in [6.07, 6.45) is 0.992. The lowest BCUT2D eigenvalue weighted by Gasteiger charge is -2.00. The largest absolute Gasteiger partial charge is 0.192 e. The zero-order valence-corrected chi connectivity index (χ0v) is 9.11. The van der Waals surface area contributed by atoms with Crippen LogP contribution in [0.15, 0.2) is 17.5 Å². The number of thiophene rings is 1. The molecule has 1 aromatic heterocycles. The maximum Gasteiger partial charge on any atom is 0.0991 e. The van der Waals surface area contributed by atoms with Crippen molar-refractivity contribution in [3.63, 3.8) is 0 Å². The van der Waals surface area contributed by atoms with Crippen molar-refractivity contribution in [1.29, 1.82) is 5.26 Å². The van der Waals surface area contributed by atoms with Gasteiger partial charge in [-0.25, -0.2) is 0 Å². The SMILES string of the molecule is CCc1cc(C#N)cc2c(C)csc12. The van der Waals surface area contributed by atoms with Crippen molar-refractivity contribution in [2.45, 2.75) is 20.3 Å². The Morgan fingerprint density at radius 1 is 1.43 bits per heavy atom. The number of hydrogen-bond acceptors (Lipinski definition) is 2. The van der Waals surface area contributed by atoms with Gasteiger partial charge in [0.15, 0.2) is 0 Å². The van der Waals surface area contributed by atoms with Crippen LogP contribution in [0.4, 0.5) is 0 Å². The maximum absolute atomic E-state index is 8.90. The van der Waals surface area contributed by atoms with E-state index in [1.165, 1.54) is 21.2 Å². The Bertz CT molecular complexity index is 517. The molecule has 0 N–H and O–H groups in total. The highest BCUT2D eigenvalue weighted by molar-refractivity contribution is 7.17. The van der Waals surface area contributed by atoms with Gasteiger partial charge >= 0.3 is 0 Å². The number of hydrogen-bond donors (Lipinski definition) is 0. The lowest BCUT2D eigenvalue weighted by molar-refractivity contribution is 1.16. The molecule has 0 saturated carbocycles. The van der Waals surface area contributed by atoms with Gasteiger partial charge in [-0.3, -0.25) is 0 Å². The fourth-order valence-electron chi connectivity index (χ4n) is 1.66. The third kappa shape index (κ3) is 1.30. The lowest BCUT2D eigenvalue weighted by atomic mass is 10.0. The number of nitrogens with zero attached hydrogens (tertiary/aromatic N) is 1. The summed E-state index contributed by atoms with van der Waals surface area (Å²) in [6.45, 7) is 4.23. The second kappa shape index (κ2) is 3.43. The van der Waals surface area contributed by atoms with Gasteiger partial charge < -0.3 is 0 Å². The molecule has 0 aliphatic carbocycles. The molecule has 0 spiro atoms. The van der Waals surface area contributed by atoms with Crippen LogP contribution in [-0.4, -0.2) is 0 Å². The summed E-state index contributed by atoms with van der Waals surface area (Å²) < 4.78 is 1.34. The molecule has 2 rings (SSSR count). The standard InChI is InChI=1S/C12H11NS/c1-3-10-4-9(6-13)5-11-8(2)7-14-12(10)11/h4-5,7H,3H2,1-2H3. The molecule has 1 aromatic carbocycles. The molecule has 14 heavy (non-hydrogen) atoms. The first-order chi connectivity index (χ1) is 6.76. The fraction of sp³-hybridized carbons (Fsp3) is 0.250. The Hall–Kier alpha value is -1.33. The molecule has 2 heteroatoms. The molecule has 0 bridgehead atoms. The van der Waals surface area contributed by atoms with Crippen molar-refractivity contribution in [2.24, 2.45) is 0 Å². The van der Waals surface area contributed by atoms with Crippen LogP contribution in [0, 0.1) is 18.3 Å². The van der Waals surface area contributed by atoms with Gasteiger partial charge in [-0.2, -0.15) is 5.26 Å². The molecule has 0 atom stereocenters.